The van der Waals surface area contributed by atoms with E-state index < -0.39 is 0 Å². The second-order valence-electron chi connectivity index (χ2n) is 6.97. The molecule has 0 heterocycles. The lowest BCUT2D eigenvalue weighted by atomic mass is 9.96. The zero-order valence-corrected chi connectivity index (χ0v) is 18.5. The maximum Gasteiger partial charge on any atom is 0.0655 e. The van der Waals surface area contributed by atoms with Crippen molar-refractivity contribution in [3.8, 4) is 0 Å². The standard InChI is InChI=1S/C24H29ClN2S/c1-17(22-8-6-7-9-24(22)25)14-18(2)27-19(3)23(15-26-4)21-12-10-20(11-13-21)16-28-5/h6-13,17,27H,2,4,14-16H2,1,3,5H3/b23-19-. The number of thioether (sulfide) groups is 1. The van der Waals surface area contributed by atoms with Crippen molar-refractivity contribution >= 4 is 35.7 Å². The Labute approximate surface area is 178 Å². The van der Waals surface area contributed by atoms with Gasteiger partial charge in [-0.15, -0.1) is 0 Å². The highest BCUT2D eigenvalue weighted by atomic mass is 35.5. The molecule has 2 aromatic rings. The highest BCUT2D eigenvalue weighted by molar-refractivity contribution is 7.97. The summed E-state index contributed by atoms with van der Waals surface area (Å²) in [4.78, 5) is 4.12. The molecule has 2 nitrogen and oxygen atoms in total. The third-order valence-electron chi connectivity index (χ3n) is 4.69. The number of halogens is 1. The van der Waals surface area contributed by atoms with Crippen LogP contribution in [0, 0.1) is 0 Å². The predicted molar refractivity (Wildman–Crippen MR) is 127 cm³/mol. The molecule has 0 saturated heterocycles. The average molecular weight is 413 g/mol. The Morgan fingerprint density at radius 1 is 1.18 bits per heavy atom. The summed E-state index contributed by atoms with van der Waals surface area (Å²) in [7, 11) is 0. The molecule has 2 rings (SSSR count). The number of hydrogen-bond acceptors (Lipinski definition) is 3. The Hall–Kier alpha value is -1.97. The van der Waals surface area contributed by atoms with E-state index in [9.17, 15) is 0 Å². The van der Waals surface area contributed by atoms with Crippen LogP contribution < -0.4 is 5.32 Å². The average Bonchev–Trinajstić information content (AvgIpc) is 2.67. The van der Waals surface area contributed by atoms with E-state index in [4.69, 9.17) is 11.6 Å². The van der Waals surface area contributed by atoms with E-state index in [1.54, 1.807) is 0 Å². The van der Waals surface area contributed by atoms with Crippen LogP contribution in [0.25, 0.3) is 5.57 Å². The third-order valence-corrected chi connectivity index (χ3v) is 5.66. The second-order valence-corrected chi connectivity index (χ2v) is 8.24. The molecule has 0 bridgehead atoms. The van der Waals surface area contributed by atoms with Crippen LogP contribution in [0.4, 0.5) is 0 Å². The van der Waals surface area contributed by atoms with Gasteiger partial charge in [0.25, 0.3) is 0 Å². The Balaban J connectivity index is 2.13. The Morgan fingerprint density at radius 2 is 1.86 bits per heavy atom. The van der Waals surface area contributed by atoms with Gasteiger partial charge in [-0.3, -0.25) is 4.99 Å². The zero-order valence-electron chi connectivity index (χ0n) is 17.0. The summed E-state index contributed by atoms with van der Waals surface area (Å²) < 4.78 is 0. The molecule has 0 fully saturated rings. The first-order valence-corrected chi connectivity index (χ1v) is 11.1. The van der Waals surface area contributed by atoms with Crippen LogP contribution in [-0.4, -0.2) is 19.5 Å². The lowest BCUT2D eigenvalue weighted by molar-refractivity contribution is 0.714. The fourth-order valence-electron chi connectivity index (χ4n) is 3.25. The number of allylic oxidation sites excluding steroid dienone is 2. The van der Waals surface area contributed by atoms with Gasteiger partial charge in [0, 0.05) is 22.2 Å². The summed E-state index contributed by atoms with van der Waals surface area (Å²) in [6.07, 6.45) is 2.92. The van der Waals surface area contributed by atoms with Crippen molar-refractivity contribution in [3.63, 3.8) is 0 Å². The molecule has 1 atom stereocenters. The molecular formula is C24H29ClN2S. The molecule has 1 unspecified atom stereocenters. The van der Waals surface area contributed by atoms with Gasteiger partial charge in [0.1, 0.15) is 0 Å². The minimum absolute atomic E-state index is 0.285. The predicted octanol–water partition coefficient (Wildman–Crippen LogP) is 6.93. The van der Waals surface area contributed by atoms with Gasteiger partial charge in [0.05, 0.1) is 6.54 Å². The van der Waals surface area contributed by atoms with Gasteiger partial charge in [-0.1, -0.05) is 67.6 Å². The smallest absolute Gasteiger partial charge is 0.0655 e. The molecule has 1 N–H and O–H groups in total. The molecule has 0 saturated carbocycles. The maximum atomic E-state index is 6.33. The maximum absolute atomic E-state index is 6.33. The van der Waals surface area contributed by atoms with E-state index in [0.29, 0.717) is 6.54 Å². The van der Waals surface area contributed by atoms with Gasteiger partial charge in [-0.2, -0.15) is 11.8 Å². The fourth-order valence-corrected chi connectivity index (χ4v) is 4.10. The highest BCUT2D eigenvalue weighted by Crippen LogP contribution is 2.29. The Kier molecular flexibility index (Phi) is 8.88. The van der Waals surface area contributed by atoms with E-state index in [2.05, 4.69) is 74.0 Å². The fraction of sp³-hybridized carbons (Fsp3) is 0.292. The summed E-state index contributed by atoms with van der Waals surface area (Å²) >= 11 is 8.16. The molecule has 0 aliphatic carbocycles. The molecule has 0 spiro atoms. The van der Waals surface area contributed by atoms with Crippen molar-refractivity contribution in [2.24, 2.45) is 4.99 Å². The topological polar surface area (TPSA) is 24.4 Å². The quantitative estimate of drug-likeness (QED) is 0.427. The summed E-state index contributed by atoms with van der Waals surface area (Å²) in [5.41, 5.74) is 6.79. The normalized spacial score (nSPS) is 12.9. The van der Waals surface area contributed by atoms with E-state index >= 15 is 0 Å². The highest BCUT2D eigenvalue weighted by Gasteiger charge is 2.12. The first-order valence-electron chi connectivity index (χ1n) is 9.36. The first kappa shape index (κ1) is 22.3. The number of hydrogen-bond donors (Lipinski definition) is 1. The van der Waals surface area contributed by atoms with Crippen LogP contribution >= 0.6 is 23.4 Å². The van der Waals surface area contributed by atoms with Crippen LogP contribution in [0.2, 0.25) is 5.02 Å². The van der Waals surface area contributed by atoms with E-state index in [1.165, 1.54) is 5.56 Å². The van der Waals surface area contributed by atoms with Gasteiger partial charge in [-0.05, 0) is 60.6 Å². The van der Waals surface area contributed by atoms with Crippen LogP contribution in [0.1, 0.15) is 42.9 Å². The molecule has 4 heteroatoms. The number of nitrogens with one attached hydrogen (secondary N) is 1. The van der Waals surface area contributed by atoms with E-state index in [-0.39, 0.29) is 5.92 Å². The monoisotopic (exact) mass is 412 g/mol. The molecule has 0 amide bonds. The number of rotatable bonds is 10. The Bertz CT molecular complexity index is 840. The summed E-state index contributed by atoms with van der Waals surface area (Å²) in [6, 6.07) is 16.7. The van der Waals surface area contributed by atoms with Gasteiger partial charge in [0.2, 0.25) is 0 Å². The second kappa shape index (κ2) is 11.1. The number of nitrogens with zero attached hydrogens (tertiary/aromatic N) is 1. The van der Waals surface area contributed by atoms with Crippen LogP contribution in [0.15, 0.2) is 71.5 Å². The number of aliphatic imine (C=N–C) groups is 1. The van der Waals surface area contributed by atoms with Crippen molar-refractivity contribution in [1.29, 1.82) is 0 Å². The molecule has 148 valence electrons. The van der Waals surface area contributed by atoms with Crippen LogP contribution in [-0.2, 0) is 5.75 Å². The lowest BCUT2D eigenvalue weighted by Gasteiger charge is -2.19. The van der Waals surface area contributed by atoms with Gasteiger partial charge < -0.3 is 5.32 Å². The van der Waals surface area contributed by atoms with Crippen molar-refractivity contribution < 1.29 is 0 Å². The molecule has 0 aromatic heterocycles. The zero-order chi connectivity index (χ0) is 20.5. The van der Waals surface area contributed by atoms with Crippen LogP contribution in [0.3, 0.4) is 0 Å². The summed E-state index contributed by atoms with van der Waals surface area (Å²) in [5, 5.41) is 4.28. The van der Waals surface area contributed by atoms with Crippen molar-refractivity contribution in [1.82, 2.24) is 5.32 Å². The molecule has 0 radical (unpaired) electrons. The first-order chi connectivity index (χ1) is 13.5. The molecular weight excluding hydrogens is 384 g/mol. The summed E-state index contributed by atoms with van der Waals surface area (Å²) in [5.74, 6) is 1.31. The van der Waals surface area contributed by atoms with Crippen molar-refractivity contribution in [3.05, 3.63) is 88.2 Å². The molecule has 28 heavy (non-hydrogen) atoms. The van der Waals surface area contributed by atoms with E-state index in [0.717, 1.165) is 45.3 Å². The minimum atomic E-state index is 0.285. The Morgan fingerprint density at radius 3 is 2.46 bits per heavy atom. The van der Waals surface area contributed by atoms with E-state index in [1.807, 2.05) is 30.0 Å². The van der Waals surface area contributed by atoms with Crippen LogP contribution in [0.5, 0.6) is 0 Å². The molecule has 2 aromatic carbocycles. The summed E-state index contributed by atoms with van der Waals surface area (Å²) in [6.45, 7) is 12.7. The molecule has 0 aliphatic heterocycles. The number of benzene rings is 2. The van der Waals surface area contributed by atoms with Crippen molar-refractivity contribution in [2.75, 3.05) is 12.8 Å². The molecule has 0 aliphatic rings. The minimum Gasteiger partial charge on any atom is -0.363 e. The van der Waals surface area contributed by atoms with Gasteiger partial charge in [-0.25, -0.2) is 0 Å². The third kappa shape index (κ3) is 6.29. The SMILES string of the molecule is C=NC/C(=C(\C)NC(=C)CC(C)c1ccccc1Cl)c1ccc(CSC)cc1. The lowest BCUT2D eigenvalue weighted by Crippen LogP contribution is -2.14. The van der Waals surface area contributed by atoms with Gasteiger partial charge in [0.15, 0.2) is 0 Å². The van der Waals surface area contributed by atoms with Gasteiger partial charge >= 0.3 is 0 Å². The largest absolute Gasteiger partial charge is 0.363 e. The van der Waals surface area contributed by atoms with Crippen molar-refractivity contribution in [2.45, 2.75) is 31.9 Å².